The first-order chi connectivity index (χ1) is 16.3. The maximum absolute atomic E-state index is 14.3. The lowest BCUT2D eigenvalue weighted by atomic mass is 10.1. The van der Waals surface area contributed by atoms with E-state index in [1.807, 2.05) is 0 Å². The average molecular weight is 486 g/mol. The van der Waals surface area contributed by atoms with Crippen LogP contribution in [0.25, 0.3) is 0 Å². The second-order valence-electron chi connectivity index (χ2n) is 8.19. The first kappa shape index (κ1) is 23.7. The van der Waals surface area contributed by atoms with E-state index < -0.39 is 5.82 Å². The van der Waals surface area contributed by atoms with E-state index in [0.717, 1.165) is 0 Å². The van der Waals surface area contributed by atoms with Crippen LogP contribution in [-0.2, 0) is 6.54 Å². The Labute approximate surface area is 201 Å². The van der Waals surface area contributed by atoms with Gasteiger partial charge in [-0.05, 0) is 24.3 Å². The van der Waals surface area contributed by atoms with Gasteiger partial charge in [0.05, 0.1) is 16.3 Å². The third-order valence-electron chi connectivity index (χ3n) is 5.52. The molecular formula is C23H25ClFN7O2. The second-order valence-corrected chi connectivity index (χ2v) is 8.59. The summed E-state index contributed by atoms with van der Waals surface area (Å²) in [5, 5.41) is 9.84. The van der Waals surface area contributed by atoms with Crippen LogP contribution in [-0.4, -0.2) is 82.0 Å². The number of halogens is 2. The lowest BCUT2D eigenvalue weighted by Crippen LogP contribution is -2.48. The maximum atomic E-state index is 14.3. The highest BCUT2D eigenvalue weighted by Gasteiger charge is 2.25. The molecule has 0 atom stereocenters. The molecule has 9 nitrogen and oxygen atoms in total. The van der Waals surface area contributed by atoms with Crippen molar-refractivity contribution in [2.24, 2.45) is 0 Å². The number of anilines is 2. The summed E-state index contributed by atoms with van der Waals surface area (Å²) in [7, 11) is 3.39. The number of nitrogens with zero attached hydrogens (tertiary/aromatic N) is 5. The molecule has 0 aliphatic carbocycles. The molecule has 2 amide bonds. The van der Waals surface area contributed by atoms with Crippen LogP contribution in [0.15, 0.2) is 42.6 Å². The van der Waals surface area contributed by atoms with E-state index in [-0.39, 0.29) is 22.4 Å². The van der Waals surface area contributed by atoms with Gasteiger partial charge in [0.15, 0.2) is 11.6 Å². The highest BCUT2D eigenvalue weighted by atomic mass is 35.5. The molecule has 4 rings (SSSR count). The predicted octanol–water partition coefficient (Wildman–Crippen LogP) is 3.00. The number of aromatic nitrogens is 3. The molecule has 1 fully saturated rings. The number of pyridine rings is 1. The van der Waals surface area contributed by atoms with Crippen molar-refractivity contribution >= 4 is 35.1 Å². The number of aromatic amines is 1. The predicted molar refractivity (Wildman–Crippen MR) is 127 cm³/mol. The topological polar surface area (TPSA) is 97.5 Å². The standard InChI is InChI=1S/C23H25ClFN7O2/c1-30(2)22(33)15-12-16(27-20(13-15)28-19-6-7-26-29-19)14-31-8-10-32(11-9-31)23(34)17-4-3-5-18(24)21(17)25/h3-7,12-13H,8-11,14H2,1-2H3,(H2,26,27,28,29). The Morgan fingerprint density at radius 2 is 1.91 bits per heavy atom. The molecule has 1 aliphatic heterocycles. The molecule has 0 unspecified atom stereocenters. The van der Waals surface area contributed by atoms with Crippen LogP contribution in [0.3, 0.4) is 0 Å². The molecule has 2 N–H and O–H groups in total. The van der Waals surface area contributed by atoms with Crippen molar-refractivity contribution in [3.8, 4) is 0 Å². The van der Waals surface area contributed by atoms with E-state index in [1.54, 1.807) is 49.5 Å². The molecule has 0 spiro atoms. The van der Waals surface area contributed by atoms with E-state index in [1.165, 1.54) is 17.0 Å². The third-order valence-corrected chi connectivity index (χ3v) is 5.81. The van der Waals surface area contributed by atoms with Gasteiger partial charge in [0.2, 0.25) is 0 Å². The van der Waals surface area contributed by atoms with Gasteiger partial charge in [-0.1, -0.05) is 17.7 Å². The summed E-state index contributed by atoms with van der Waals surface area (Å²) in [6, 6.07) is 9.66. The molecule has 1 saturated heterocycles. The molecular weight excluding hydrogens is 461 g/mol. The fraction of sp³-hybridized carbons (Fsp3) is 0.304. The number of carbonyl (C=O) groups is 2. The number of H-pyrrole nitrogens is 1. The van der Waals surface area contributed by atoms with E-state index in [2.05, 4.69) is 25.4 Å². The molecule has 3 heterocycles. The minimum Gasteiger partial charge on any atom is -0.345 e. The Morgan fingerprint density at radius 3 is 2.59 bits per heavy atom. The minimum atomic E-state index is -0.694. The molecule has 0 radical (unpaired) electrons. The van der Waals surface area contributed by atoms with Crippen molar-refractivity contribution in [1.29, 1.82) is 0 Å². The van der Waals surface area contributed by atoms with Crippen LogP contribution in [0, 0.1) is 5.82 Å². The van der Waals surface area contributed by atoms with Crippen LogP contribution in [0.2, 0.25) is 5.02 Å². The van der Waals surface area contributed by atoms with Gasteiger partial charge in [-0.25, -0.2) is 9.37 Å². The summed E-state index contributed by atoms with van der Waals surface area (Å²) in [5.41, 5.74) is 1.20. The zero-order valence-electron chi connectivity index (χ0n) is 18.9. The zero-order valence-corrected chi connectivity index (χ0v) is 19.6. The van der Waals surface area contributed by atoms with Crippen molar-refractivity contribution in [2.45, 2.75) is 6.54 Å². The van der Waals surface area contributed by atoms with Crippen LogP contribution >= 0.6 is 11.6 Å². The summed E-state index contributed by atoms with van der Waals surface area (Å²) in [6.45, 7) is 2.56. The highest BCUT2D eigenvalue weighted by Crippen LogP contribution is 2.21. The van der Waals surface area contributed by atoms with Gasteiger partial charge in [0.25, 0.3) is 11.8 Å². The number of carbonyl (C=O) groups excluding carboxylic acids is 2. The summed E-state index contributed by atoms with van der Waals surface area (Å²) >= 11 is 5.82. The molecule has 1 aromatic carbocycles. The molecule has 178 valence electrons. The van der Waals surface area contributed by atoms with E-state index in [0.29, 0.717) is 55.6 Å². The number of benzene rings is 1. The average Bonchev–Trinajstić information content (AvgIpc) is 3.33. The molecule has 11 heteroatoms. The normalized spacial score (nSPS) is 14.2. The van der Waals surface area contributed by atoms with Gasteiger partial charge in [0.1, 0.15) is 5.82 Å². The first-order valence-electron chi connectivity index (χ1n) is 10.8. The largest absolute Gasteiger partial charge is 0.345 e. The summed E-state index contributed by atoms with van der Waals surface area (Å²) < 4.78 is 14.3. The fourth-order valence-electron chi connectivity index (χ4n) is 3.75. The number of amides is 2. The van der Waals surface area contributed by atoms with Gasteiger partial charge in [0, 0.05) is 64.6 Å². The monoisotopic (exact) mass is 485 g/mol. The van der Waals surface area contributed by atoms with Gasteiger partial charge in [-0.3, -0.25) is 19.6 Å². The maximum Gasteiger partial charge on any atom is 0.256 e. The zero-order chi connectivity index (χ0) is 24.2. The molecule has 34 heavy (non-hydrogen) atoms. The number of piperazine rings is 1. The Hall–Kier alpha value is -3.50. The first-order valence-corrected chi connectivity index (χ1v) is 11.1. The Kier molecular flexibility index (Phi) is 7.09. The fourth-order valence-corrected chi connectivity index (χ4v) is 3.93. The molecule has 0 bridgehead atoms. The van der Waals surface area contributed by atoms with Crippen molar-refractivity contribution in [3.05, 3.63) is 70.3 Å². The molecule has 0 saturated carbocycles. The van der Waals surface area contributed by atoms with Crippen molar-refractivity contribution in [3.63, 3.8) is 0 Å². The van der Waals surface area contributed by atoms with Gasteiger partial charge in [-0.2, -0.15) is 5.10 Å². The Bertz CT molecular complexity index is 1180. The smallest absolute Gasteiger partial charge is 0.256 e. The van der Waals surface area contributed by atoms with E-state index in [4.69, 9.17) is 11.6 Å². The van der Waals surface area contributed by atoms with Crippen LogP contribution < -0.4 is 5.32 Å². The summed E-state index contributed by atoms with van der Waals surface area (Å²) in [4.78, 5) is 35.3. The van der Waals surface area contributed by atoms with Crippen LogP contribution in [0.4, 0.5) is 16.0 Å². The third kappa shape index (κ3) is 5.35. The molecule has 2 aromatic heterocycles. The number of rotatable bonds is 6. The van der Waals surface area contributed by atoms with Gasteiger partial charge >= 0.3 is 0 Å². The highest BCUT2D eigenvalue weighted by molar-refractivity contribution is 6.31. The SMILES string of the molecule is CN(C)C(=O)c1cc(CN2CCN(C(=O)c3cccc(Cl)c3F)CC2)nc(Nc2cc[nH]n2)c1. The lowest BCUT2D eigenvalue weighted by Gasteiger charge is -2.34. The summed E-state index contributed by atoms with van der Waals surface area (Å²) in [5.74, 6) is -0.0945. The van der Waals surface area contributed by atoms with Gasteiger partial charge in [-0.15, -0.1) is 0 Å². The lowest BCUT2D eigenvalue weighted by molar-refractivity contribution is 0.0622. The quantitative estimate of drug-likeness (QED) is 0.557. The van der Waals surface area contributed by atoms with Crippen molar-refractivity contribution in [1.82, 2.24) is 29.9 Å². The minimum absolute atomic E-state index is 0.0217. The number of hydrogen-bond donors (Lipinski definition) is 2. The van der Waals surface area contributed by atoms with E-state index in [9.17, 15) is 14.0 Å². The second kappa shape index (κ2) is 10.2. The van der Waals surface area contributed by atoms with Crippen molar-refractivity contribution < 1.29 is 14.0 Å². The Morgan fingerprint density at radius 1 is 1.15 bits per heavy atom. The van der Waals surface area contributed by atoms with Crippen LogP contribution in [0.1, 0.15) is 26.4 Å². The van der Waals surface area contributed by atoms with Crippen LogP contribution in [0.5, 0.6) is 0 Å². The summed E-state index contributed by atoms with van der Waals surface area (Å²) in [6.07, 6.45) is 1.69. The number of hydrogen-bond acceptors (Lipinski definition) is 6. The molecule has 3 aromatic rings. The van der Waals surface area contributed by atoms with Crippen molar-refractivity contribution in [2.75, 3.05) is 45.6 Å². The molecule has 1 aliphatic rings. The number of nitrogens with one attached hydrogen (secondary N) is 2. The van der Waals surface area contributed by atoms with E-state index >= 15 is 0 Å². The van der Waals surface area contributed by atoms with Gasteiger partial charge < -0.3 is 15.1 Å². The Balaban J connectivity index is 1.45.